The average molecular weight is 1030 g/mol. The van der Waals surface area contributed by atoms with Crippen LogP contribution in [0.4, 0.5) is 13.2 Å². The fraction of sp³-hybridized carbons (Fsp3) is 0.569. The van der Waals surface area contributed by atoms with Gasteiger partial charge in [0.05, 0.1) is 61.7 Å². The number of nitrogens with one attached hydrogen (secondary N) is 1. The van der Waals surface area contributed by atoms with Crippen molar-refractivity contribution in [1.82, 2.24) is 9.99 Å². The van der Waals surface area contributed by atoms with Crippen molar-refractivity contribution < 1.29 is 69.2 Å². The molecule has 0 saturated carbocycles. The minimum absolute atomic E-state index is 0.0442. The fourth-order valence-electron chi connectivity index (χ4n) is 7.66. The van der Waals surface area contributed by atoms with E-state index >= 15 is 4.57 Å². The van der Waals surface area contributed by atoms with Crippen LogP contribution >= 0.6 is 16.1 Å². The molecular formula is C51H68F3N3O12P2. The molecule has 2 aliphatic heterocycles. The first-order chi connectivity index (χ1) is 33.3. The number of rotatable bonds is 24. The number of nitrogens with zero attached hydrogens (tertiary/aromatic N) is 2. The zero-order valence-electron chi connectivity index (χ0n) is 42.4. The number of hydrogen-bond donors (Lipinski definition) is 1. The molecule has 0 radical (unpaired) electrons. The molecular weight excluding hydrogens is 966 g/mol. The van der Waals surface area contributed by atoms with Crippen LogP contribution in [-0.2, 0) is 54.0 Å². The predicted molar refractivity (Wildman–Crippen MR) is 261 cm³/mol. The molecule has 2 atom stereocenters. The number of carbonyl (C=O) groups excluding carboxylic acids is 3. The molecule has 0 fully saturated rings. The van der Waals surface area contributed by atoms with Gasteiger partial charge in [-0.2, -0.15) is 18.4 Å². The SMILES string of the molecule is CC(C)N(C(C)C)P(OCCC#N)OCCCCCCOP(=O)(OCCCCNC(=O)C(F)(F)F)c1ccc2c(c1)C1(OC2)c2ccc(OC(=O)C(C)(C)C)cc2Oc2cc(OC(=O)C(C)(C)C)ccc21. The molecule has 2 heterocycles. The normalized spacial score (nSPS) is 15.4. The summed E-state index contributed by atoms with van der Waals surface area (Å²) < 4.78 is 105. The summed E-state index contributed by atoms with van der Waals surface area (Å²) in [6, 6.07) is 17.5. The number of halogens is 3. The largest absolute Gasteiger partial charge is 0.471 e. The summed E-state index contributed by atoms with van der Waals surface area (Å²) in [5.41, 5.74) is -0.581. The predicted octanol–water partition coefficient (Wildman–Crippen LogP) is 11.7. The van der Waals surface area contributed by atoms with Crippen LogP contribution in [0.5, 0.6) is 23.0 Å². The van der Waals surface area contributed by atoms with Gasteiger partial charge in [0.2, 0.25) is 0 Å². The number of benzene rings is 3. The standard InChI is InChI=1S/C51H68F3N3O12P2/c1-34(2)57(35(3)4)70(64-27-17-24-55)63-26-14-11-12-15-28-65-71(61,66-29-16-13-25-56-45(58)51(52,53)54)39-21-18-36-33-62-50(42(36)32-39)40-22-19-37(67-46(59)48(5,6)7)30-43(40)69-44-31-38(20-23-41(44)50)68-47(60)49(8,9)10/h18-23,30-32,34-35H,11-17,25-29,33H2,1-10H3,(H,56,58). The van der Waals surface area contributed by atoms with Gasteiger partial charge in [-0.05, 0) is 142 Å². The maximum atomic E-state index is 15.1. The van der Waals surface area contributed by atoms with Crippen molar-refractivity contribution >= 4 is 39.3 Å². The quantitative estimate of drug-likeness (QED) is 0.0387. The number of amides is 1. The molecule has 0 aromatic heterocycles. The van der Waals surface area contributed by atoms with Crippen molar-refractivity contribution in [3.8, 4) is 29.1 Å². The van der Waals surface area contributed by atoms with E-state index in [1.54, 1.807) is 96.1 Å². The lowest BCUT2D eigenvalue weighted by atomic mass is 9.77. The molecule has 20 heteroatoms. The lowest BCUT2D eigenvalue weighted by molar-refractivity contribution is -0.173. The van der Waals surface area contributed by atoms with Gasteiger partial charge in [0.1, 0.15) is 23.0 Å². The Morgan fingerprint density at radius 3 is 1.77 bits per heavy atom. The van der Waals surface area contributed by atoms with E-state index in [-0.39, 0.29) is 92.6 Å². The van der Waals surface area contributed by atoms with Crippen molar-refractivity contribution in [2.24, 2.45) is 10.8 Å². The van der Waals surface area contributed by atoms with Crippen molar-refractivity contribution in [3.63, 3.8) is 0 Å². The Hall–Kier alpha value is -4.43. The first-order valence-corrected chi connectivity index (χ1v) is 26.6. The number of fused-ring (bicyclic) bond motifs is 6. The Balaban J connectivity index is 1.42. The second-order valence-electron chi connectivity index (χ2n) is 19.9. The van der Waals surface area contributed by atoms with E-state index < -0.39 is 56.6 Å². The molecule has 2 unspecified atom stereocenters. The average Bonchev–Trinajstić information content (AvgIpc) is 3.65. The first-order valence-electron chi connectivity index (χ1n) is 24.0. The van der Waals surface area contributed by atoms with Gasteiger partial charge in [-0.1, -0.05) is 18.9 Å². The zero-order chi connectivity index (χ0) is 52.4. The summed E-state index contributed by atoms with van der Waals surface area (Å²) in [7, 11) is -5.54. The molecule has 1 spiro atoms. The van der Waals surface area contributed by atoms with Gasteiger partial charge in [0.25, 0.3) is 8.53 Å². The maximum absolute atomic E-state index is 15.1. The third kappa shape index (κ3) is 14.9. The molecule has 2 aliphatic rings. The molecule has 5 rings (SSSR count). The topological polar surface area (TPSA) is 181 Å². The van der Waals surface area contributed by atoms with Crippen molar-refractivity contribution in [2.45, 2.75) is 145 Å². The van der Waals surface area contributed by atoms with Crippen LogP contribution in [0, 0.1) is 22.2 Å². The molecule has 3 aromatic carbocycles. The second-order valence-corrected chi connectivity index (χ2v) is 23.4. The van der Waals surface area contributed by atoms with Crippen LogP contribution in [0.1, 0.15) is 136 Å². The number of carbonyl (C=O) groups is 3. The van der Waals surface area contributed by atoms with Crippen molar-refractivity contribution in [1.29, 1.82) is 5.26 Å². The van der Waals surface area contributed by atoms with Gasteiger partial charge in [-0.3, -0.25) is 18.9 Å². The van der Waals surface area contributed by atoms with E-state index in [4.69, 9.17) is 42.3 Å². The smallest absolute Gasteiger partial charge is 0.456 e. The summed E-state index contributed by atoms with van der Waals surface area (Å²) >= 11 is 0. The Morgan fingerprint density at radius 1 is 0.746 bits per heavy atom. The van der Waals surface area contributed by atoms with E-state index in [1.807, 2.05) is 5.32 Å². The van der Waals surface area contributed by atoms with Gasteiger partial charge < -0.3 is 42.4 Å². The Bertz CT molecular complexity index is 2340. The summed E-state index contributed by atoms with van der Waals surface area (Å²) in [6.45, 7) is 19.1. The molecule has 71 heavy (non-hydrogen) atoms. The third-order valence-electron chi connectivity index (χ3n) is 11.3. The lowest BCUT2D eigenvalue weighted by Gasteiger charge is -2.37. The molecule has 15 nitrogen and oxygen atoms in total. The number of nitriles is 1. The molecule has 3 aromatic rings. The van der Waals surface area contributed by atoms with Gasteiger partial charge in [0, 0.05) is 41.9 Å². The van der Waals surface area contributed by atoms with Gasteiger partial charge >= 0.3 is 31.6 Å². The Labute approximate surface area is 416 Å². The van der Waals surface area contributed by atoms with Crippen LogP contribution in [-0.4, -0.2) is 73.7 Å². The van der Waals surface area contributed by atoms with Crippen LogP contribution in [0.2, 0.25) is 0 Å². The molecule has 390 valence electrons. The minimum Gasteiger partial charge on any atom is -0.456 e. The highest BCUT2D eigenvalue weighted by molar-refractivity contribution is 7.62. The monoisotopic (exact) mass is 1030 g/mol. The van der Waals surface area contributed by atoms with Crippen LogP contribution < -0.4 is 24.8 Å². The number of unbranched alkanes of at least 4 members (excludes halogenated alkanes) is 4. The Kier molecular flexibility index (Phi) is 19.9. The number of alkyl halides is 3. The van der Waals surface area contributed by atoms with Gasteiger partial charge in [0.15, 0.2) is 5.60 Å². The van der Waals surface area contributed by atoms with E-state index in [9.17, 15) is 27.6 Å². The fourth-order valence-corrected chi connectivity index (χ4v) is 10.9. The lowest BCUT2D eigenvalue weighted by Crippen LogP contribution is -2.37. The van der Waals surface area contributed by atoms with Crippen LogP contribution in [0.3, 0.4) is 0 Å². The highest BCUT2D eigenvalue weighted by atomic mass is 31.2. The third-order valence-corrected chi connectivity index (χ3v) is 15.4. The van der Waals surface area contributed by atoms with E-state index in [0.29, 0.717) is 42.6 Å². The molecule has 0 saturated heterocycles. The first kappa shape index (κ1) is 57.5. The number of esters is 2. The van der Waals surface area contributed by atoms with E-state index in [2.05, 4.69) is 38.4 Å². The van der Waals surface area contributed by atoms with Gasteiger partial charge in [-0.15, -0.1) is 0 Å². The number of hydrogen-bond acceptors (Lipinski definition) is 14. The second kappa shape index (κ2) is 24.5. The van der Waals surface area contributed by atoms with Crippen LogP contribution in [0.25, 0.3) is 0 Å². The zero-order valence-corrected chi connectivity index (χ0v) is 44.2. The Morgan fingerprint density at radius 2 is 1.27 bits per heavy atom. The van der Waals surface area contributed by atoms with E-state index in [1.165, 1.54) is 0 Å². The van der Waals surface area contributed by atoms with Crippen LogP contribution in [0.15, 0.2) is 54.6 Å². The summed E-state index contributed by atoms with van der Waals surface area (Å²) in [5, 5.41) is 11.1. The van der Waals surface area contributed by atoms with Crippen molar-refractivity contribution in [2.75, 3.05) is 33.0 Å². The van der Waals surface area contributed by atoms with E-state index in [0.717, 1.165) is 12.0 Å². The minimum atomic E-state index is -5.02. The molecule has 0 aliphatic carbocycles. The summed E-state index contributed by atoms with van der Waals surface area (Å²) in [6.07, 6.45) is -1.82. The van der Waals surface area contributed by atoms with Gasteiger partial charge in [-0.25, -0.2) is 4.67 Å². The maximum Gasteiger partial charge on any atom is 0.471 e. The van der Waals surface area contributed by atoms with Crippen molar-refractivity contribution in [3.05, 3.63) is 76.9 Å². The highest BCUT2D eigenvalue weighted by Crippen LogP contribution is 2.58. The summed E-state index contributed by atoms with van der Waals surface area (Å²) in [4.78, 5) is 37.3. The molecule has 0 bridgehead atoms. The number of ether oxygens (including phenoxy) is 4. The molecule has 1 N–H and O–H groups in total. The summed E-state index contributed by atoms with van der Waals surface area (Å²) in [5.74, 6) is -1.97. The highest BCUT2D eigenvalue weighted by Gasteiger charge is 2.51. The molecule has 1 amide bonds.